The third-order valence-corrected chi connectivity index (χ3v) is 7.14. The summed E-state index contributed by atoms with van der Waals surface area (Å²) < 4.78 is 0. The van der Waals surface area contributed by atoms with Gasteiger partial charge in [0.05, 0.1) is 10.6 Å². The number of piperazine rings is 1. The molecule has 190 valence electrons. The molecule has 0 radical (unpaired) electrons. The van der Waals surface area contributed by atoms with Crippen molar-refractivity contribution >= 4 is 45.5 Å². The van der Waals surface area contributed by atoms with Crippen LogP contribution in [0.4, 0.5) is 17.3 Å². The number of nitrogens with one attached hydrogen (secondary N) is 1. The van der Waals surface area contributed by atoms with E-state index in [-0.39, 0.29) is 5.78 Å². The molecule has 1 aliphatic rings. The van der Waals surface area contributed by atoms with Gasteiger partial charge in [-0.15, -0.1) is 0 Å². The van der Waals surface area contributed by atoms with E-state index < -0.39 is 0 Å². The molecule has 5 rings (SSSR count). The molecule has 0 aliphatic carbocycles. The summed E-state index contributed by atoms with van der Waals surface area (Å²) in [5.41, 5.74) is 9.94. The lowest BCUT2D eigenvalue weighted by molar-refractivity contribution is 0.0983. The number of hydrogen-bond acceptors (Lipinski definition) is 7. The number of hydrogen-bond donors (Lipinski definition) is 2. The Hall–Kier alpha value is -3.68. The van der Waals surface area contributed by atoms with Crippen LogP contribution in [0.3, 0.4) is 0 Å². The Kier molecular flexibility index (Phi) is 7.53. The van der Waals surface area contributed by atoms with Crippen LogP contribution in [0.2, 0.25) is 5.02 Å². The highest BCUT2D eigenvalue weighted by Gasteiger charge is 2.18. The number of anilines is 3. The van der Waals surface area contributed by atoms with Gasteiger partial charge in [0.2, 0.25) is 0 Å². The van der Waals surface area contributed by atoms with E-state index in [0.717, 1.165) is 42.5 Å². The average Bonchev–Trinajstić information content (AvgIpc) is 2.92. The molecular formula is C29H31ClN6O. The number of pyridine rings is 2. The molecule has 0 bridgehead atoms. The predicted molar refractivity (Wildman–Crippen MR) is 152 cm³/mol. The van der Waals surface area contributed by atoms with Crippen LogP contribution < -0.4 is 16.0 Å². The molecule has 3 heterocycles. The van der Waals surface area contributed by atoms with Gasteiger partial charge in [-0.1, -0.05) is 48.0 Å². The third kappa shape index (κ3) is 5.84. The van der Waals surface area contributed by atoms with Gasteiger partial charge in [-0.3, -0.25) is 4.79 Å². The van der Waals surface area contributed by atoms with Crippen molar-refractivity contribution in [3.8, 4) is 0 Å². The number of Topliss-reactive ketones (excluding diaryl/α,β-unsaturated/α-hetero) is 1. The van der Waals surface area contributed by atoms with E-state index in [9.17, 15) is 4.79 Å². The first-order valence-corrected chi connectivity index (χ1v) is 12.9. The van der Waals surface area contributed by atoms with Crippen LogP contribution in [-0.2, 0) is 13.0 Å². The van der Waals surface area contributed by atoms with Gasteiger partial charge >= 0.3 is 0 Å². The lowest BCUT2D eigenvalue weighted by atomic mass is 10.0. The predicted octanol–water partition coefficient (Wildman–Crippen LogP) is 5.04. The molecule has 0 saturated carbocycles. The van der Waals surface area contributed by atoms with Crippen molar-refractivity contribution < 1.29 is 4.79 Å². The maximum absolute atomic E-state index is 13.3. The highest BCUT2D eigenvalue weighted by Crippen LogP contribution is 2.26. The second-order valence-electron chi connectivity index (χ2n) is 9.50. The molecule has 0 atom stereocenters. The Labute approximate surface area is 222 Å². The van der Waals surface area contributed by atoms with Crippen LogP contribution in [0.25, 0.3) is 10.8 Å². The number of nitrogen functional groups attached to an aromatic ring is 1. The first-order chi connectivity index (χ1) is 18.0. The first-order valence-electron chi connectivity index (χ1n) is 12.5. The van der Waals surface area contributed by atoms with Gasteiger partial charge in [-0.25, -0.2) is 9.97 Å². The van der Waals surface area contributed by atoms with Crippen LogP contribution in [-0.4, -0.2) is 53.9 Å². The van der Waals surface area contributed by atoms with Gasteiger partial charge in [-0.05, 0) is 48.2 Å². The summed E-state index contributed by atoms with van der Waals surface area (Å²) in [5.74, 6) is 1.06. The number of carbonyl (C=O) groups excluding carboxylic acids is 1. The number of halogens is 1. The van der Waals surface area contributed by atoms with Crippen LogP contribution >= 0.6 is 11.6 Å². The SMILES string of the molecule is CN1CCN(c2ccccc2CNc2ncc(Cl)cc2C(=O)CCc2ccc3c(N)nccc3c2)CC1. The Morgan fingerprint density at radius 1 is 1.05 bits per heavy atom. The fourth-order valence-corrected chi connectivity index (χ4v) is 4.94. The zero-order valence-electron chi connectivity index (χ0n) is 21.0. The van der Waals surface area contributed by atoms with Gasteiger partial charge < -0.3 is 20.9 Å². The van der Waals surface area contributed by atoms with Crippen LogP contribution in [0.5, 0.6) is 0 Å². The minimum Gasteiger partial charge on any atom is -0.383 e. The second-order valence-corrected chi connectivity index (χ2v) is 9.93. The Bertz CT molecular complexity index is 1420. The largest absolute Gasteiger partial charge is 0.383 e. The monoisotopic (exact) mass is 514 g/mol. The number of para-hydroxylation sites is 1. The number of fused-ring (bicyclic) bond motifs is 1. The molecule has 2 aromatic heterocycles. The molecule has 3 N–H and O–H groups in total. The lowest BCUT2D eigenvalue weighted by Gasteiger charge is -2.35. The van der Waals surface area contributed by atoms with E-state index in [0.29, 0.717) is 41.6 Å². The molecule has 1 saturated heterocycles. The van der Waals surface area contributed by atoms with Gasteiger partial charge in [0.1, 0.15) is 11.6 Å². The maximum atomic E-state index is 13.3. The smallest absolute Gasteiger partial charge is 0.166 e. The molecule has 1 fully saturated rings. The highest BCUT2D eigenvalue weighted by atomic mass is 35.5. The maximum Gasteiger partial charge on any atom is 0.166 e. The van der Waals surface area contributed by atoms with E-state index in [1.165, 1.54) is 11.3 Å². The average molecular weight is 515 g/mol. The molecule has 0 spiro atoms. The summed E-state index contributed by atoms with van der Waals surface area (Å²) >= 11 is 6.24. The van der Waals surface area contributed by atoms with Crippen LogP contribution in [0.1, 0.15) is 27.9 Å². The number of nitrogens with zero attached hydrogens (tertiary/aromatic N) is 4. The molecule has 7 nitrogen and oxygen atoms in total. The molecule has 1 aliphatic heterocycles. The Morgan fingerprint density at radius 2 is 1.86 bits per heavy atom. The topological polar surface area (TPSA) is 87.4 Å². The lowest BCUT2D eigenvalue weighted by Crippen LogP contribution is -2.44. The molecule has 8 heteroatoms. The van der Waals surface area contributed by atoms with E-state index >= 15 is 0 Å². The summed E-state index contributed by atoms with van der Waals surface area (Å²) in [7, 11) is 2.16. The van der Waals surface area contributed by atoms with Gasteiger partial charge in [-0.2, -0.15) is 0 Å². The number of aryl methyl sites for hydroxylation is 1. The van der Waals surface area contributed by atoms with Gasteiger partial charge in [0.15, 0.2) is 5.78 Å². The van der Waals surface area contributed by atoms with E-state index in [4.69, 9.17) is 17.3 Å². The van der Waals surface area contributed by atoms with Crippen LogP contribution in [0, 0.1) is 0 Å². The first kappa shape index (κ1) is 25.0. The number of ketones is 1. The third-order valence-electron chi connectivity index (χ3n) is 6.94. The number of likely N-dealkylation sites (N-methyl/N-ethyl adjacent to an activating group) is 1. The summed E-state index contributed by atoms with van der Waals surface area (Å²) in [4.78, 5) is 26.7. The van der Waals surface area contributed by atoms with E-state index in [1.807, 2.05) is 24.3 Å². The van der Waals surface area contributed by atoms with Crippen molar-refractivity contribution in [2.75, 3.05) is 49.2 Å². The highest BCUT2D eigenvalue weighted by molar-refractivity contribution is 6.31. The molecule has 37 heavy (non-hydrogen) atoms. The minimum absolute atomic E-state index is 0.000748. The number of benzene rings is 2. The summed E-state index contributed by atoms with van der Waals surface area (Å²) in [5, 5.41) is 5.78. The van der Waals surface area contributed by atoms with Crippen molar-refractivity contribution in [2.24, 2.45) is 0 Å². The minimum atomic E-state index is -0.000748. The van der Waals surface area contributed by atoms with Gasteiger partial charge in [0, 0.05) is 62.6 Å². The summed E-state index contributed by atoms with van der Waals surface area (Å²) in [6.45, 7) is 4.64. The van der Waals surface area contributed by atoms with Crippen molar-refractivity contribution in [1.82, 2.24) is 14.9 Å². The number of nitrogens with two attached hydrogens (primary N) is 1. The number of rotatable bonds is 8. The van der Waals surface area contributed by atoms with Crippen molar-refractivity contribution in [2.45, 2.75) is 19.4 Å². The molecule has 0 amide bonds. The molecular weight excluding hydrogens is 484 g/mol. The van der Waals surface area contributed by atoms with E-state index in [2.05, 4.69) is 56.4 Å². The Morgan fingerprint density at radius 3 is 2.70 bits per heavy atom. The fourth-order valence-electron chi connectivity index (χ4n) is 4.79. The Balaban J connectivity index is 1.29. The summed E-state index contributed by atoms with van der Waals surface area (Å²) in [6, 6.07) is 18.1. The molecule has 2 aromatic carbocycles. The second kappa shape index (κ2) is 11.2. The normalized spacial score (nSPS) is 14.2. The fraction of sp³-hybridized carbons (Fsp3) is 0.276. The molecule has 0 unspecified atom stereocenters. The zero-order valence-corrected chi connectivity index (χ0v) is 21.7. The van der Waals surface area contributed by atoms with Gasteiger partial charge in [0.25, 0.3) is 0 Å². The standard InChI is InChI=1S/C29H31ClN6O/c1-35-12-14-36(15-13-35)26-5-3-2-4-22(26)18-33-29-25(17-23(30)19-34-29)27(37)9-7-20-6-8-24-21(16-20)10-11-32-28(24)31/h2-6,8,10-11,16-17,19H,7,9,12-15,18H2,1H3,(H2,31,32)(H,33,34). The number of carbonyl (C=O) groups is 1. The van der Waals surface area contributed by atoms with Crippen molar-refractivity contribution in [3.05, 3.63) is 88.7 Å². The number of aromatic nitrogens is 2. The van der Waals surface area contributed by atoms with Crippen molar-refractivity contribution in [1.29, 1.82) is 0 Å². The quantitative estimate of drug-likeness (QED) is 0.318. The summed E-state index contributed by atoms with van der Waals surface area (Å²) in [6.07, 6.45) is 4.23. The molecule has 4 aromatic rings. The van der Waals surface area contributed by atoms with E-state index in [1.54, 1.807) is 18.5 Å². The van der Waals surface area contributed by atoms with Crippen molar-refractivity contribution in [3.63, 3.8) is 0 Å². The van der Waals surface area contributed by atoms with Crippen LogP contribution in [0.15, 0.2) is 67.0 Å². The zero-order chi connectivity index (χ0) is 25.8.